The van der Waals surface area contributed by atoms with Crippen LogP contribution in [0.25, 0.3) is 11.1 Å². The Labute approximate surface area is 127 Å². The molecule has 0 saturated heterocycles. The lowest BCUT2D eigenvalue weighted by Crippen LogP contribution is -2.09. The molecule has 1 aromatic heterocycles. The molecule has 4 heteroatoms. The number of oxazole rings is 1. The lowest BCUT2D eigenvalue weighted by molar-refractivity contribution is 0.0232. The molecule has 0 saturated carbocycles. The first kappa shape index (κ1) is 14.4. The normalized spacial score (nSPS) is 12.3. The summed E-state index contributed by atoms with van der Waals surface area (Å²) in [6.45, 7) is 0. The van der Waals surface area contributed by atoms with Crippen LogP contribution in [0.2, 0.25) is 0 Å². The van der Waals surface area contributed by atoms with Crippen molar-refractivity contribution in [1.82, 2.24) is 4.98 Å². The first-order chi connectivity index (χ1) is 10.6. The van der Waals surface area contributed by atoms with Crippen LogP contribution in [0.3, 0.4) is 0 Å². The van der Waals surface area contributed by atoms with Crippen molar-refractivity contribution in [3.8, 4) is 0 Å². The monoisotopic (exact) mass is 299 g/mol. The van der Waals surface area contributed by atoms with Crippen LogP contribution in [0, 0.1) is 0 Å². The van der Waals surface area contributed by atoms with Crippen molar-refractivity contribution < 1.29 is 13.2 Å². The molecule has 2 nitrogen and oxygen atoms in total. The molecule has 0 atom stereocenters. The summed E-state index contributed by atoms with van der Waals surface area (Å²) in [6.07, 6.45) is 3.60. The molecular formula is C18H15F2NO. The maximum absolute atomic E-state index is 14.1. The van der Waals surface area contributed by atoms with Gasteiger partial charge in [0.1, 0.15) is 5.52 Å². The van der Waals surface area contributed by atoms with Gasteiger partial charge in [-0.2, -0.15) is 8.78 Å². The number of aryl methyl sites for hydroxylation is 1. The lowest BCUT2D eigenvalue weighted by Gasteiger charge is -2.06. The van der Waals surface area contributed by atoms with E-state index in [1.165, 1.54) is 6.08 Å². The molecule has 0 N–H and O–H groups in total. The van der Waals surface area contributed by atoms with Gasteiger partial charge >= 0.3 is 5.92 Å². The summed E-state index contributed by atoms with van der Waals surface area (Å²) >= 11 is 0. The predicted molar refractivity (Wildman–Crippen MR) is 81.8 cm³/mol. The molecule has 0 amide bonds. The molecule has 0 unspecified atom stereocenters. The van der Waals surface area contributed by atoms with Gasteiger partial charge in [-0.1, -0.05) is 48.5 Å². The zero-order valence-electron chi connectivity index (χ0n) is 11.9. The number of nitrogens with zero attached hydrogens (tertiary/aromatic N) is 1. The number of fused-ring (bicyclic) bond motifs is 1. The number of halogens is 2. The van der Waals surface area contributed by atoms with Crippen molar-refractivity contribution in [2.75, 3.05) is 0 Å². The van der Waals surface area contributed by atoms with Crippen molar-refractivity contribution >= 4 is 11.1 Å². The molecule has 0 fully saturated rings. The summed E-state index contributed by atoms with van der Waals surface area (Å²) < 4.78 is 33.3. The fraction of sp³-hybridized carbons (Fsp3) is 0.167. The molecule has 2 aromatic carbocycles. The van der Waals surface area contributed by atoms with E-state index in [0.29, 0.717) is 17.5 Å². The number of para-hydroxylation sites is 2. The Hall–Kier alpha value is -2.49. The van der Waals surface area contributed by atoms with E-state index in [1.54, 1.807) is 24.3 Å². The zero-order chi connectivity index (χ0) is 15.4. The van der Waals surface area contributed by atoms with Crippen molar-refractivity contribution in [3.63, 3.8) is 0 Å². The topological polar surface area (TPSA) is 26.0 Å². The molecule has 0 aliphatic rings. The smallest absolute Gasteiger partial charge is 0.340 e. The molecular weight excluding hydrogens is 284 g/mol. The molecule has 0 radical (unpaired) electrons. The quantitative estimate of drug-likeness (QED) is 0.612. The number of allylic oxidation sites excluding steroid dienone is 2. The van der Waals surface area contributed by atoms with E-state index in [4.69, 9.17) is 4.42 Å². The van der Waals surface area contributed by atoms with Crippen LogP contribution in [-0.2, 0) is 12.3 Å². The third-order valence-electron chi connectivity index (χ3n) is 3.35. The van der Waals surface area contributed by atoms with Crippen molar-refractivity contribution in [2.24, 2.45) is 0 Å². The fourth-order valence-corrected chi connectivity index (χ4v) is 2.21. The van der Waals surface area contributed by atoms with Gasteiger partial charge < -0.3 is 4.42 Å². The van der Waals surface area contributed by atoms with Crippen LogP contribution in [0.5, 0.6) is 0 Å². The first-order valence-corrected chi connectivity index (χ1v) is 7.11. The Kier molecular flexibility index (Phi) is 4.00. The van der Waals surface area contributed by atoms with Gasteiger partial charge in [-0.15, -0.1) is 0 Å². The number of hydrogen-bond donors (Lipinski definition) is 0. The molecule has 112 valence electrons. The number of alkyl halides is 2. The van der Waals surface area contributed by atoms with E-state index >= 15 is 0 Å². The maximum atomic E-state index is 14.1. The molecule has 0 spiro atoms. The van der Waals surface area contributed by atoms with Crippen LogP contribution < -0.4 is 0 Å². The highest BCUT2D eigenvalue weighted by Gasteiger charge is 2.34. The molecule has 0 aliphatic carbocycles. The average molecular weight is 299 g/mol. The van der Waals surface area contributed by atoms with Crippen molar-refractivity contribution in [2.45, 2.75) is 18.8 Å². The molecule has 22 heavy (non-hydrogen) atoms. The maximum Gasteiger partial charge on any atom is 0.340 e. The molecule has 3 aromatic rings. The number of benzene rings is 2. The van der Waals surface area contributed by atoms with Crippen molar-refractivity contribution in [1.29, 1.82) is 0 Å². The van der Waals surface area contributed by atoms with Gasteiger partial charge in [-0.05, 0) is 36.6 Å². The highest BCUT2D eigenvalue weighted by molar-refractivity contribution is 5.72. The van der Waals surface area contributed by atoms with E-state index in [1.807, 2.05) is 30.3 Å². The van der Waals surface area contributed by atoms with E-state index in [2.05, 4.69) is 4.98 Å². The standard InChI is InChI=1S/C18H15F2NO/c19-18(20,13-7-6-10-14-8-2-1-3-9-14)17-21-15-11-4-5-12-16(15)22-17/h1-5,7-9,11-13H,6,10H2/b13-7+. The minimum atomic E-state index is -3.20. The lowest BCUT2D eigenvalue weighted by atomic mass is 10.1. The van der Waals surface area contributed by atoms with Gasteiger partial charge in [0.05, 0.1) is 0 Å². The second kappa shape index (κ2) is 6.10. The Morgan fingerprint density at radius 1 is 1.00 bits per heavy atom. The second-order valence-electron chi connectivity index (χ2n) is 5.04. The summed E-state index contributed by atoms with van der Waals surface area (Å²) in [5.41, 5.74) is 1.93. The molecule has 3 rings (SSSR count). The molecule has 1 heterocycles. The third-order valence-corrected chi connectivity index (χ3v) is 3.35. The molecule has 0 bridgehead atoms. The summed E-state index contributed by atoms with van der Waals surface area (Å²) in [5.74, 6) is -3.76. The highest BCUT2D eigenvalue weighted by Crippen LogP contribution is 2.31. The van der Waals surface area contributed by atoms with Crippen LogP contribution >= 0.6 is 0 Å². The van der Waals surface area contributed by atoms with Gasteiger partial charge in [0.25, 0.3) is 5.89 Å². The molecule has 0 aliphatic heterocycles. The van der Waals surface area contributed by atoms with E-state index in [9.17, 15) is 8.78 Å². The van der Waals surface area contributed by atoms with Gasteiger partial charge in [0, 0.05) is 0 Å². The van der Waals surface area contributed by atoms with E-state index < -0.39 is 11.8 Å². The van der Waals surface area contributed by atoms with Gasteiger partial charge in [-0.3, -0.25) is 0 Å². The van der Waals surface area contributed by atoms with Gasteiger partial charge in [0.2, 0.25) is 0 Å². The fourth-order valence-electron chi connectivity index (χ4n) is 2.21. The van der Waals surface area contributed by atoms with Gasteiger partial charge in [0.15, 0.2) is 5.58 Å². The number of aromatic nitrogens is 1. The average Bonchev–Trinajstić information content (AvgIpc) is 2.98. The highest BCUT2D eigenvalue weighted by atomic mass is 19.3. The third kappa shape index (κ3) is 3.22. The van der Waals surface area contributed by atoms with Gasteiger partial charge in [-0.25, -0.2) is 4.98 Å². The van der Waals surface area contributed by atoms with Crippen LogP contribution in [0.4, 0.5) is 8.78 Å². The summed E-state index contributed by atoms with van der Waals surface area (Å²) in [6, 6.07) is 16.5. The zero-order valence-corrected chi connectivity index (χ0v) is 11.9. The second-order valence-corrected chi connectivity index (χ2v) is 5.04. The van der Waals surface area contributed by atoms with E-state index in [0.717, 1.165) is 18.1 Å². The Balaban J connectivity index is 1.68. The van der Waals surface area contributed by atoms with Crippen molar-refractivity contribution in [3.05, 3.63) is 78.2 Å². The number of rotatable bonds is 5. The summed E-state index contributed by atoms with van der Waals surface area (Å²) in [4.78, 5) is 3.85. The Morgan fingerprint density at radius 2 is 1.73 bits per heavy atom. The van der Waals surface area contributed by atoms with Crippen LogP contribution in [0.1, 0.15) is 17.9 Å². The van der Waals surface area contributed by atoms with Crippen LogP contribution in [-0.4, -0.2) is 4.98 Å². The Bertz CT molecular complexity index is 745. The SMILES string of the molecule is FC(F)(/C=C/CCc1ccccc1)c1nc2ccccc2o1. The minimum absolute atomic E-state index is 0.370. The summed E-state index contributed by atoms with van der Waals surface area (Å²) in [7, 11) is 0. The largest absolute Gasteiger partial charge is 0.435 e. The minimum Gasteiger partial charge on any atom is -0.435 e. The van der Waals surface area contributed by atoms with Crippen LogP contribution in [0.15, 0.2) is 71.2 Å². The predicted octanol–water partition coefficient (Wildman–Crippen LogP) is 5.11. The number of hydrogen-bond acceptors (Lipinski definition) is 2. The summed E-state index contributed by atoms with van der Waals surface area (Å²) in [5, 5.41) is 0. The first-order valence-electron chi connectivity index (χ1n) is 7.11. The van der Waals surface area contributed by atoms with E-state index in [-0.39, 0.29) is 0 Å². The Morgan fingerprint density at radius 3 is 2.50 bits per heavy atom.